The molecule has 1 aromatic carbocycles. The summed E-state index contributed by atoms with van der Waals surface area (Å²) in [5.41, 5.74) is 3.14. The van der Waals surface area contributed by atoms with Crippen LogP contribution in [0.1, 0.15) is 60.5 Å². The highest BCUT2D eigenvalue weighted by Gasteiger charge is 2.39. The highest BCUT2D eigenvalue weighted by molar-refractivity contribution is 9.09. The third-order valence-corrected chi connectivity index (χ3v) is 6.09. The number of rotatable bonds is 3. The summed E-state index contributed by atoms with van der Waals surface area (Å²) in [7, 11) is 0. The van der Waals surface area contributed by atoms with Crippen molar-refractivity contribution in [3.8, 4) is 0 Å². The molecule has 0 spiro atoms. The van der Waals surface area contributed by atoms with Crippen LogP contribution in [0.5, 0.6) is 0 Å². The minimum atomic E-state index is -0.0598. The number of hydrogen-bond donors (Lipinski definition) is 0. The van der Waals surface area contributed by atoms with Crippen LogP contribution in [0, 0.1) is 25.1 Å². The van der Waals surface area contributed by atoms with E-state index >= 15 is 0 Å². The van der Waals surface area contributed by atoms with Gasteiger partial charge in [0.25, 0.3) is 0 Å². The molecule has 2 heteroatoms. The van der Waals surface area contributed by atoms with E-state index in [0.29, 0.717) is 10.2 Å². The SMILES string of the molecule is CCC1(C(Br)c2cc(C)c(F)c(C)c2)CCCC1. The van der Waals surface area contributed by atoms with Gasteiger partial charge in [0.1, 0.15) is 5.82 Å². The summed E-state index contributed by atoms with van der Waals surface area (Å²) in [6, 6.07) is 4.02. The van der Waals surface area contributed by atoms with Gasteiger partial charge >= 0.3 is 0 Å². The zero-order valence-electron chi connectivity index (χ0n) is 11.5. The summed E-state index contributed by atoms with van der Waals surface area (Å²) in [5.74, 6) is -0.0598. The van der Waals surface area contributed by atoms with Crippen molar-refractivity contribution in [3.05, 3.63) is 34.6 Å². The molecule has 1 fully saturated rings. The van der Waals surface area contributed by atoms with Crippen LogP contribution in [0.3, 0.4) is 0 Å². The predicted octanol–water partition coefficient (Wildman–Crippen LogP) is 5.85. The Hall–Kier alpha value is -0.370. The van der Waals surface area contributed by atoms with Crippen molar-refractivity contribution in [2.24, 2.45) is 5.41 Å². The zero-order chi connectivity index (χ0) is 13.3. The smallest absolute Gasteiger partial charge is 0.129 e. The van der Waals surface area contributed by atoms with Crippen LogP contribution in [-0.4, -0.2) is 0 Å². The van der Waals surface area contributed by atoms with Crippen LogP contribution < -0.4 is 0 Å². The minimum Gasteiger partial charge on any atom is -0.206 e. The maximum Gasteiger partial charge on any atom is 0.129 e. The van der Waals surface area contributed by atoms with E-state index in [9.17, 15) is 4.39 Å². The Labute approximate surface area is 118 Å². The highest BCUT2D eigenvalue weighted by atomic mass is 79.9. The van der Waals surface area contributed by atoms with E-state index in [1.807, 2.05) is 26.0 Å². The zero-order valence-corrected chi connectivity index (χ0v) is 13.1. The van der Waals surface area contributed by atoms with Crippen molar-refractivity contribution >= 4 is 15.9 Å². The lowest BCUT2D eigenvalue weighted by Gasteiger charge is -2.34. The molecule has 1 atom stereocenters. The first-order chi connectivity index (χ1) is 8.50. The molecule has 0 saturated heterocycles. The Morgan fingerprint density at radius 2 is 1.72 bits per heavy atom. The van der Waals surface area contributed by atoms with Crippen molar-refractivity contribution in [3.63, 3.8) is 0 Å². The molecule has 0 radical (unpaired) electrons. The Kier molecular flexibility index (Phi) is 4.15. The number of alkyl halides is 1. The standard InChI is InChI=1S/C16H22BrF/c1-4-16(7-5-6-8-16)15(17)13-9-11(2)14(18)12(3)10-13/h9-10,15H,4-8H2,1-3H3. The van der Waals surface area contributed by atoms with E-state index in [1.165, 1.54) is 37.7 Å². The van der Waals surface area contributed by atoms with E-state index in [1.54, 1.807) is 0 Å². The number of aryl methyl sites for hydroxylation is 2. The molecule has 0 bridgehead atoms. The van der Waals surface area contributed by atoms with Crippen molar-refractivity contribution in [1.82, 2.24) is 0 Å². The molecule has 1 unspecified atom stereocenters. The minimum absolute atomic E-state index is 0.0598. The normalized spacial score (nSPS) is 20.1. The van der Waals surface area contributed by atoms with Crippen molar-refractivity contribution in [2.75, 3.05) is 0 Å². The lowest BCUT2D eigenvalue weighted by molar-refractivity contribution is 0.279. The molecule has 100 valence electrons. The van der Waals surface area contributed by atoms with Crippen LogP contribution in [0.4, 0.5) is 4.39 Å². The maximum absolute atomic E-state index is 13.7. The molecule has 1 aromatic rings. The molecule has 1 aliphatic rings. The number of halogens is 2. The monoisotopic (exact) mass is 312 g/mol. The predicted molar refractivity (Wildman–Crippen MR) is 78.7 cm³/mol. The molecule has 1 saturated carbocycles. The molecule has 0 heterocycles. The van der Waals surface area contributed by atoms with Gasteiger partial charge in [0.2, 0.25) is 0 Å². The van der Waals surface area contributed by atoms with Gasteiger partial charge < -0.3 is 0 Å². The van der Waals surface area contributed by atoms with Gasteiger partial charge in [-0.1, -0.05) is 47.8 Å². The molecule has 0 N–H and O–H groups in total. The van der Waals surface area contributed by atoms with Crippen LogP contribution >= 0.6 is 15.9 Å². The third kappa shape index (κ3) is 2.36. The van der Waals surface area contributed by atoms with Crippen molar-refractivity contribution in [1.29, 1.82) is 0 Å². The van der Waals surface area contributed by atoms with Crippen LogP contribution in [0.25, 0.3) is 0 Å². The van der Waals surface area contributed by atoms with E-state index in [2.05, 4.69) is 22.9 Å². The second-order valence-electron chi connectivity index (χ2n) is 5.75. The average Bonchev–Trinajstić information content (AvgIpc) is 2.84. The topological polar surface area (TPSA) is 0 Å². The van der Waals surface area contributed by atoms with Crippen LogP contribution in [-0.2, 0) is 0 Å². The maximum atomic E-state index is 13.7. The summed E-state index contributed by atoms with van der Waals surface area (Å²) in [6.07, 6.45) is 6.42. The molecule has 0 amide bonds. The Morgan fingerprint density at radius 3 is 2.17 bits per heavy atom. The molecule has 0 nitrogen and oxygen atoms in total. The van der Waals surface area contributed by atoms with Gasteiger partial charge in [-0.2, -0.15) is 0 Å². The van der Waals surface area contributed by atoms with E-state index in [-0.39, 0.29) is 5.82 Å². The number of hydrogen-bond acceptors (Lipinski definition) is 0. The molecule has 0 aromatic heterocycles. The van der Waals surface area contributed by atoms with Gasteiger partial charge in [0.15, 0.2) is 0 Å². The van der Waals surface area contributed by atoms with Gasteiger partial charge in [0.05, 0.1) is 0 Å². The Bertz CT molecular complexity index is 410. The summed E-state index contributed by atoms with van der Waals surface area (Å²) in [6.45, 7) is 6.00. The van der Waals surface area contributed by atoms with Gasteiger partial charge in [-0.3, -0.25) is 0 Å². The van der Waals surface area contributed by atoms with E-state index in [4.69, 9.17) is 0 Å². The average molecular weight is 313 g/mol. The Morgan fingerprint density at radius 1 is 1.22 bits per heavy atom. The van der Waals surface area contributed by atoms with Gasteiger partial charge in [-0.05, 0) is 55.2 Å². The lowest BCUT2D eigenvalue weighted by atomic mass is 9.77. The van der Waals surface area contributed by atoms with Crippen LogP contribution in [0.15, 0.2) is 12.1 Å². The summed E-state index contributed by atoms with van der Waals surface area (Å²) in [5, 5.41) is 0. The first-order valence-electron chi connectivity index (χ1n) is 6.91. The van der Waals surface area contributed by atoms with E-state index in [0.717, 1.165) is 11.1 Å². The second-order valence-corrected chi connectivity index (χ2v) is 6.67. The fraction of sp³-hybridized carbons (Fsp3) is 0.625. The quantitative estimate of drug-likeness (QED) is 0.614. The van der Waals surface area contributed by atoms with Crippen molar-refractivity contribution in [2.45, 2.75) is 57.7 Å². The summed E-state index contributed by atoms with van der Waals surface area (Å²) in [4.78, 5) is 0.357. The first kappa shape index (κ1) is 14.0. The summed E-state index contributed by atoms with van der Waals surface area (Å²) >= 11 is 3.90. The fourth-order valence-electron chi connectivity index (χ4n) is 3.34. The molecular weight excluding hydrogens is 291 g/mol. The molecule has 18 heavy (non-hydrogen) atoms. The van der Waals surface area contributed by atoms with Gasteiger partial charge in [-0.25, -0.2) is 4.39 Å². The number of benzene rings is 1. The molecule has 1 aliphatic carbocycles. The van der Waals surface area contributed by atoms with Crippen LogP contribution in [0.2, 0.25) is 0 Å². The highest BCUT2D eigenvalue weighted by Crippen LogP contribution is 2.54. The fourth-order valence-corrected chi connectivity index (χ4v) is 4.39. The lowest BCUT2D eigenvalue weighted by Crippen LogP contribution is -2.21. The largest absolute Gasteiger partial charge is 0.206 e. The molecule has 2 rings (SSSR count). The second kappa shape index (κ2) is 5.32. The molecule has 0 aliphatic heterocycles. The Balaban J connectivity index is 2.36. The molecular formula is C16H22BrF. The van der Waals surface area contributed by atoms with Gasteiger partial charge in [-0.15, -0.1) is 0 Å². The summed E-state index contributed by atoms with van der Waals surface area (Å²) < 4.78 is 13.7. The first-order valence-corrected chi connectivity index (χ1v) is 7.82. The third-order valence-electron chi connectivity index (χ3n) is 4.59. The van der Waals surface area contributed by atoms with E-state index < -0.39 is 0 Å². The van der Waals surface area contributed by atoms with Gasteiger partial charge in [0, 0.05) is 4.83 Å². The van der Waals surface area contributed by atoms with Crippen molar-refractivity contribution < 1.29 is 4.39 Å².